The van der Waals surface area contributed by atoms with E-state index in [2.05, 4.69) is 52.6 Å². The van der Waals surface area contributed by atoms with Crippen molar-refractivity contribution >= 4 is 34.5 Å². The Labute approximate surface area is 168 Å². The van der Waals surface area contributed by atoms with Gasteiger partial charge in [-0.25, -0.2) is 9.59 Å². The van der Waals surface area contributed by atoms with E-state index in [9.17, 15) is 0 Å². The van der Waals surface area contributed by atoms with Gasteiger partial charge in [0.1, 0.15) is 5.75 Å². The van der Waals surface area contributed by atoms with E-state index in [1.165, 1.54) is 60.9 Å². The van der Waals surface area contributed by atoms with Crippen molar-refractivity contribution in [1.82, 2.24) is 4.90 Å². The number of aliphatic carboxylic acids is 2. The summed E-state index contributed by atoms with van der Waals surface area (Å²) in [5.74, 6) is -2.61. The number of likely N-dealkylation sites (tertiary alicyclic amines) is 1. The summed E-state index contributed by atoms with van der Waals surface area (Å²) in [6, 6.07) is 6.38. The SMILES string of the molecule is Cc1ccc(OCCCCN2CCCCCC2)c(I)c1.O=C(O)C(=O)O. The molecular formula is C19H28INO5. The molecule has 2 rings (SSSR count). The molecule has 1 saturated heterocycles. The van der Waals surface area contributed by atoms with Crippen molar-refractivity contribution in [1.29, 1.82) is 0 Å². The van der Waals surface area contributed by atoms with Crippen molar-refractivity contribution in [3.8, 4) is 5.75 Å². The van der Waals surface area contributed by atoms with Crippen LogP contribution in [0.25, 0.3) is 0 Å². The molecule has 1 aromatic rings. The summed E-state index contributed by atoms with van der Waals surface area (Å²) in [5, 5.41) is 14.8. The predicted octanol–water partition coefficient (Wildman–Crippen LogP) is 3.79. The second kappa shape index (κ2) is 12.9. The number of carboxylic acids is 2. The van der Waals surface area contributed by atoms with Crippen LogP contribution >= 0.6 is 22.6 Å². The van der Waals surface area contributed by atoms with E-state index >= 15 is 0 Å². The second-order valence-electron chi connectivity index (χ2n) is 6.36. The Kier molecular flexibility index (Phi) is 11.3. The van der Waals surface area contributed by atoms with Gasteiger partial charge in [0, 0.05) is 0 Å². The molecule has 1 aromatic carbocycles. The van der Waals surface area contributed by atoms with Gasteiger partial charge in [0.2, 0.25) is 0 Å². The number of rotatable bonds is 6. The molecule has 1 aliphatic rings. The highest BCUT2D eigenvalue weighted by molar-refractivity contribution is 14.1. The molecular weight excluding hydrogens is 449 g/mol. The van der Waals surface area contributed by atoms with E-state index in [0.29, 0.717) is 0 Å². The number of halogens is 1. The van der Waals surface area contributed by atoms with Crippen molar-refractivity contribution < 1.29 is 24.5 Å². The highest BCUT2D eigenvalue weighted by atomic mass is 127. The molecule has 0 saturated carbocycles. The van der Waals surface area contributed by atoms with Gasteiger partial charge in [-0.05, 0) is 92.5 Å². The smallest absolute Gasteiger partial charge is 0.414 e. The van der Waals surface area contributed by atoms with Gasteiger partial charge in [0.25, 0.3) is 0 Å². The van der Waals surface area contributed by atoms with Gasteiger partial charge >= 0.3 is 11.9 Å². The molecule has 26 heavy (non-hydrogen) atoms. The monoisotopic (exact) mass is 477 g/mol. The standard InChI is InChI=1S/C17H26INO.C2H2O4/c1-15-8-9-17(16(18)14-15)20-13-7-6-12-19-10-4-2-3-5-11-19;3-1(4)2(5)6/h8-9,14H,2-7,10-13H2,1H3;(H,3,4)(H,5,6). The minimum Gasteiger partial charge on any atom is -0.492 e. The molecule has 0 radical (unpaired) electrons. The van der Waals surface area contributed by atoms with Gasteiger partial charge in [-0.3, -0.25) is 0 Å². The number of nitrogens with zero attached hydrogens (tertiary/aromatic N) is 1. The maximum atomic E-state index is 9.10. The Morgan fingerprint density at radius 2 is 1.69 bits per heavy atom. The first-order valence-corrected chi connectivity index (χ1v) is 10.1. The van der Waals surface area contributed by atoms with Crippen LogP contribution in [0.15, 0.2) is 18.2 Å². The summed E-state index contributed by atoms with van der Waals surface area (Å²) in [6.45, 7) is 6.81. The number of aryl methyl sites for hydroxylation is 1. The zero-order chi connectivity index (χ0) is 19.4. The summed E-state index contributed by atoms with van der Waals surface area (Å²) in [4.78, 5) is 20.8. The van der Waals surface area contributed by atoms with Crippen LogP contribution in [0.3, 0.4) is 0 Å². The molecule has 146 valence electrons. The summed E-state index contributed by atoms with van der Waals surface area (Å²) >= 11 is 2.35. The van der Waals surface area contributed by atoms with Gasteiger partial charge in [-0.15, -0.1) is 0 Å². The van der Waals surface area contributed by atoms with E-state index in [1.54, 1.807) is 0 Å². The van der Waals surface area contributed by atoms with Gasteiger partial charge in [0.05, 0.1) is 10.2 Å². The third-order valence-corrected chi connectivity index (χ3v) is 4.94. The van der Waals surface area contributed by atoms with Crippen LogP contribution < -0.4 is 4.74 Å². The Morgan fingerprint density at radius 3 is 2.23 bits per heavy atom. The molecule has 0 unspecified atom stereocenters. The van der Waals surface area contributed by atoms with Crippen LogP contribution in [0, 0.1) is 10.5 Å². The van der Waals surface area contributed by atoms with Crippen molar-refractivity contribution in [3.63, 3.8) is 0 Å². The number of hydrogen-bond donors (Lipinski definition) is 2. The molecule has 0 atom stereocenters. The van der Waals surface area contributed by atoms with Crippen molar-refractivity contribution in [2.75, 3.05) is 26.2 Å². The molecule has 1 heterocycles. The van der Waals surface area contributed by atoms with Crippen LogP contribution in [0.1, 0.15) is 44.1 Å². The maximum absolute atomic E-state index is 9.10. The number of carboxylic acid groups (broad SMARTS) is 2. The maximum Gasteiger partial charge on any atom is 0.414 e. The molecule has 1 fully saturated rings. The van der Waals surface area contributed by atoms with E-state index in [4.69, 9.17) is 24.5 Å². The van der Waals surface area contributed by atoms with Gasteiger partial charge < -0.3 is 19.8 Å². The van der Waals surface area contributed by atoms with Gasteiger partial charge in [-0.1, -0.05) is 18.9 Å². The highest BCUT2D eigenvalue weighted by Crippen LogP contribution is 2.22. The Bertz CT molecular complexity index is 559. The Morgan fingerprint density at radius 1 is 1.08 bits per heavy atom. The third kappa shape index (κ3) is 9.96. The number of carbonyl (C=O) groups is 2. The lowest BCUT2D eigenvalue weighted by atomic mass is 10.2. The predicted molar refractivity (Wildman–Crippen MR) is 109 cm³/mol. The number of benzene rings is 1. The Hall–Kier alpha value is -1.35. The lowest BCUT2D eigenvalue weighted by molar-refractivity contribution is -0.159. The zero-order valence-corrected chi connectivity index (χ0v) is 17.4. The minimum atomic E-state index is -1.82. The Balaban J connectivity index is 0.000000487. The first kappa shape index (κ1) is 22.7. The van der Waals surface area contributed by atoms with Gasteiger partial charge in [-0.2, -0.15) is 0 Å². The molecule has 0 bridgehead atoms. The fraction of sp³-hybridized carbons (Fsp3) is 0.579. The van der Waals surface area contributed by atoms with E-state index < -0.39 is 11.9 Å². The van der Waals surface area contributed by atoms with Crippen LogP contribution in [0.4, 0.5) is 0 Å². The number of ether oxygens (including phenoxy) is 1. The topological polar surface area (TPSA) is 87.1 Å². The molecule has 0 aromatic heterocycles. The highest BCUT2D eigenvalue weighted by Gasteiger charge is 2.08. The summed E-state index contributed by atoms with van der Waals surface area (Å²) < 4.78 is 7.10. The molecule has 1 aliphatic heterocycles. The summed E-state index contributed by atoms with van der Waals surface area (Å²) in [6.07, 6.45) is 8.02. The number of unbranched alkanes of at least 4 members (excludes halogenated alkanes) is 1. The first-order chi connectivity index (χ1) is 12.4. The average Bonchev–Trinajstić information content (AvgIpc) is 2.85. The van der Waals surface area contributed by atoms with E-state index in [-0.39, 0.29) is 0 Å². The van der Waals surface area contributed by atoms with Crippen molar-refractivity contribution in [3.05, 3.63) is 27.3 Å². The van der Waals surface area contributed by atoms with Crippen LogP contribution in [0.2, 0.25) is 0 Å². The minimum absolute atomic E-state index is 0.840. The second-order valence-corrected chi connectivity index (χ2v) is 7.52. The fourth-order valence-corrected chi connectivity index (χ4v) is 3.53. The molecule has 7 heteroatoms. The number of hydrogen-bond acceptors (Lipinski definition) is 4. The van der Waals surface area contributed by atoms with Crippen LogP contribution in [-0.2, 0) is 9.59 Å². The normalized spacial score (nSPS) is 14.7. The lowest BCUT2D eigenvalue weighted by Crippen LogP contribution is -2.25. The zero-order valence-electron chi connectivity index (χ0n) is 15.2. The fourth-order valence-electron chi connectivity index (χ4n) is 2.70. The van der Waals surface area contributed by atoms with Crippen LogP contribution in [-0.4, -0.2) is 53.3 Å². The molecule has 0 spiro atoms. The third-order valence-electron chi connectivity index (χ3n) is 4.10. The summed E-state index contributed by atoms with van der Waals surface area (Å²) in [5.41, 5.74) is 1.29. The lowest BCUT2D eigenvalue weighted by Gasteiger charge is -2.19. The largest absolute Gasteiger partial charge is 0.492 e. The first-order valence-electron chi connectivity index (χ1n) is 8.97. The van der Waals surface area contributed by atoms with Crippen molar-refractivity contribution in [2.45, 2.75) is 45.4 Å². The molecule has 6 nitrogen and oxygen atoms in total. The quantitative estimate of drug-likeness (QED) is 0.369. The van der Waals surface area contributed by atoms with Crippen molar-refractivity contribution in [2.24, 2.45) is 0 Å². The molecule has 2 N–H and O–H groups in total. The molecule has 0 amide bonds. The summed E-state index contributed by atoms with van der Waals surface area (Å²) in [7, 11) is 0. The van der Waals surface area contributed by atoms with Gasteiger partial charge in [0.15, 0.2) is 0 Å². The van der Waals surface area contributed by atoms with Crippen LogP contribution in [0.5, 0.6) is 5.75 Å². The average molecular weight is 477 g/mol. The van der Waals surface area contributed by atoms with E-state index in [0.717, 1.165) is 18.8 Å². The van der Waals surface area contributed by atoms with E-state index in [1.807, 2.05) is 0 Å². The molecule has 0 aliphatic carbocycles.